The third-order valence-electron chi connectivity index (χ3n) is 3.67. The molecular weight excluding hydrogens is 322 g/mol. The van der Waals surface area contributed by atoms with E-state index in [4.69, 9.17) is 0 Å². The molecule has 2 atom stereocenters. The maximum Gasteiger partial charge on any atom is 0.352 e. The number of carbonyl (C=O) groups excluding carboxylic acids is 2. The summed E-state index contributed by atoms with van der Waals surface area (Å²) in [6, 6.07) is 2.27. The van der Waals surface area contributed by atoms with Gasteiger partial charge in [-0.3, -0.25) is 19.5 Å². The van der Waals surface area contributed by atoms with Crippen molar-refractivity contribution in [3.05, 3.63) is 41.4 Å². The minimum atomic E-state index is -1.26. The van der Waals surface area contributed by atoms with E-state index < -0.39 is 35.8 Å². The Morgan fingerprint density at radius 3 is 2.70 bits per heavy atom. The summed E-state index contributed by atoms with van der Waals surface area (Å²) in [5, 5.41) is 20.6. The number of nitrogens with one attached hydrogen (secondary N) is 1. The zero-order chi connectivity index (χ0) is 16.6. The molecule has 0 spiro atoms. The fourth-order valence-electron chi connectivity index (χ4n) is 2.53. The number of carboxylic acids is 1. The van der Waals surface area contributed by atoms with Crippen molar-refractivity contribution >= 4 is 29.5 Å². The first-order chi connectivity index (χ1) is 11.0. The Bertz CT molecular complexity index is 706. The lowest BCUT2D eigenvalue weighted by molar-refractivity contribution is -0.148. The maximum atomic E-state index is 12.2. The zero-order valence-electron chi connectivity index (χ0n) is 11.8. The number of carboxylic acid groups (broad SMARTS) is 1. The molecular formula is C14H13N3O5S. The van der Waals surface area contributed by atoms with E-state index in [1.54, 1.807) is 0 Å². The molecule has 1 saturated heterocycles. The summed E-state index contributed by atoms with van der Waals surface area (Å²) in [7, 11) is 0. The summed E-state index contributed by atoms with van der Waals surface area (Å²) in [5.74, 6) is -1.87. The number of aliphatic hydroxyl groups is 1. The number of rotatable bonds is 4. The monoisotopic (exact) mass is 335 g/mol. The molecule has 0 aromatic carbocycles. The van der Waals surface area contributed by atoms with Gasteiger partial charge < -0.3 is 15.5 Å². The van der Waals surface area contributed by atoms with E-state index in [-0.39, 0.29) is 5.70 Å². The molecule has 2 amide bonds. The standard InChI is InChI=1S/C14H13N3O5S/c18-5-8-6-23-13-9(12(20)17(13)10(8)14(21)22)16-11(19)7-1-3-15-4-2-7/h1-4,9,13,18H,5-6H2,(H,16,19)(H,21,22)/t9-,13+/m1/s1. The lowest BCUT2D eigenvalue weighted by Gasteiger charge is -2.49. The number of amides is 2. The second-order valence-corrected chi connectivity index (χ2v) is 6.12. The van der Waals surface area contributed by atoms with E-state index in [0.29, 0.717) is 16.9 Å². The van der Waals surface area contributed by atoms with Gasteiger partial charge in [0.05, 0.1) is 6.61 Å². The Balaban J connectivity index is 1.77. The van der Waals surface area contributed by atoms with Gasteiger partial charge in [0, 0.05) is 23.7 Å². The van der Waals surface area contributed by atoms with E-state index in [0.717, 1.165) is 4.90 Å². The lowest BCUT2D eigenvalue weighted by atomic mass is 10.0. The number of nitrogens with zero attached hydrogens (tertiary/aromatic N) is 2. The summed E-state index contributed by atoms with van der Waals surface area (Å²) in [6.07, 6.45) is 2.94. The van der Waals surface area contributed by atoms with Crippen molar-refractivity contribution in [1.82, 2.24) is 15.2 Å². The Morgan fingerprint density at radius 2 is 2.09 bits per heavy atom. The molecule has 120 valence electrons. The molecule has 2 aliphatic heterocycles. The highest BCUT2D eigenvalue weighted by atomic mass is 32.2. The van der Waals surface area contributed by atoms with Crippen molar-refractivity contribution in [3.8, 4) is 0 Å². The van der Waals surface area contributed by atoms with Crippen molar-refractivity contribution in [2.45, 2.75) is 11.4 Å². The molecule has 3 heterocycles. The number of aliphatic hydroxyl groups excluding tert-OH is 1. The van der Waals surface area contributed by atoms with Crippen LogP contribution < -0.4 is 5.32 Å². The van der Waals surface area contributed by atoms with Gasteiger partial charge in [0.15, 0.2) is 0 Å². The van der Waals surface area contributed by atoms with Crippen LogP contribution in [0.2, 0.25) is 0 Å². The third-order valence-corrected chi connectivity index (χ3v) is 5.01. The average molecular weight is 335 g/mol. The number of carbonyl (C=O) groups is 3. The lowest BCUT2D eigenvalue weighted by Crippen LogP contribution is -2.70. The van der Waals surface area contributed by atoms with Crippen molar-refractivity contribution in [2.75, 3.05) is 12.4 Å². The van der Waals surface area contributed by atoms with Gasteiger partial charge in [-0.1, -0.05) is 0 Å². The molecule has 0 unspecified atom stereocenters. The summed E-state index contributed by atoms with van der Waals surface area (Å²) in [6.45, 7) is -0.417. The van der Waals surface area contributed by atoms with Gasteiger partial charge in [-0.05, 0) is 17.7 Å². The van der Waals surface area contributed by atoms with Crippen LogP contribution in [0.5, 0.6) is 0 Å². The van der Waals surface area contributed by atoms with Gasteiger partial charge in [0.2, 0.25) is 0 Å². The summed E-state index contributed by atoms with van der Waals surface area (Å²) >= 11 is 1.31. The zero-order valence-corrected chi connectivity index (χ0v) is 12.6. The highest BCUT2D eigenvalue weighted by Crippen LogP contribution is 2.40. The first-order valence-electron chi connectivity index (χ1n) is 6.76. The van der Waals surface area contributed by atoms with Crippen LogP contribution in [0, 0.1) is 0 Å². The van der Waals surface area contributed by atoms with Crippen LogP contribution in [-0.4, -0.2) is 61.7 Å². The van der Waals surface area contributed by atoms with E-state index in [2.05, 4.69) is 10.3 Å². The Hall–Kier alpha value is -2.39. The molecule has 0 radical (unpaired) electrons. The third kappa shape index (κ3) is 2.57. The Morgan fingerprint density at radius 1 is 1.39 bits per heavy atom. The van der Waals surface area contributed by atoms with E-state index in [1.807, 2.05) is 0 Å². The molecule has 1 aromatic rings. The first-order valence-corrected chi connectivity index (χ1v) is 7.81. The van der Waals surface area contributed by atoms with Crippen LogP contribution in [0.25, 0.3) is 0 Å². The second-order valence-electron chi connectivity index (χ2n) is 5.01. The minimum Gasteiger partial charge on any atom is -0.477 e. The van der Waals surface area contributed by atoms with Crippen LogP contribution in [0.3, 0.4) is 0 Å². The number of fused-ring (bicyclic) bond motifs is 1. The van der Waals surface area contributed by atoms with E-state index >= 15 is 0 Å². The smallest absolute Gasteiger partial charge is 0.352 e. The molecule has 1 fully saturated rings. The summed E-state index contributed by atoms with van der Waals surface area (Å²) in [4.78, 5) is 40.6. The highest BCUT2D eigenvalue weighted by Gasteiger charge is 2.54. The Labute approximate surface area is 135 Å². The second kappa shape index (κ2) is 6.01. The molecule has 2 aliphatic rings. The minimum absolute atomic E-state index is 0.185. The fourth-order valence-corrected chi connectivity index (χ4v) is 3.87. The molecule has 0 bridgehead atoms. The summed E-state index contributed by atoms with van der Waals surface area (Å²) in [5.41, 5.74) is 0.485. The van der Waals surface area contributed by atoms with Gasteiger partial charge in [0.25, 0.3) is 11.8 Å². The number of β-lactam (4-membered cyclic amide) rings is 1. The number of thioether (sulfide) groups is 1. The Kier molecular flexibility index (Phi) is 4.05. The fraction of sp³-hybridized carbons (Fsp3) is 0.286. The molecule has 3 rings (SSSR count). The molecule has 1 aromatic heterocycles. The molecule has 0 saturated carbocycles. The predicted octanol–water partition coefficient (Wildman–Crippen LogP) is -0.574. The van der Waals surface area contributed by atoms with Crippen LogP contribution in [0.15, 0.2) is 35.8 Å². The largest absolute Gasteiger partial charge is 0.477 e. The molecule has 3 N–H and O–H groups in total. The maximum absolute atomic E-state index is 12.2. The van der Waals surface area contributed by atoms with Gasteiger partial charge >= 0.3 is 5.97 Å². The SMILES string of the molecule is O=C(O)C1=C(CO)CS[C@H]2[C@H](NC(=O)c3ccncc3)C(=O)N12. The quantitative estimate of drug-likeness (QED) is 0.630. The van der Waals surface area contributed by atoms with Gasteiger partial charge in [-0.15, -0.1) is 11.8 Å². The van der Waals surface area contributed by atoms with Crippen LogP contribution in [0.4, 0.5) is 0 Å². The van der Waals surface area contributed by atoms with Crippen LogP contribution in [-0.2, 0) is 9.59 Å². The topological polar surface area (TPSA) is 120 Å². The van der Waals surface area contributed by atoms with Crippen molar-refractivity contribution < 1.29 is 24.6 Å². The molecule has 0 aliphatic carbocycles. The number of hydrogen-bond donors (Lipinski definition) is 3. The van der Waals surface area contributed by atoms with Gasteiger partial charge in [0.1, 0.15) is 17.1 Å². The molecule has 9 heteroatoms. The number of pyridine rings is 1. The van der Waals surface area contributed by atoms with E-state index in [1.165, 1.54) is 36.3 Å². The average Bonchev–Trinajstić information content (AvgIpc) is 2.58. The number of aliphatic carboxylic acids is 1. The first kappa shape index (κ1) is 15.5. The predicted molar refractivity (Wildman–Crippen MR) is 80.3 cm³/mol. The molecule has 23 heavy (non-hydrogen) atoms. The van der Waals surface area contributed by atoms with Crippen molar-refractivity contribution in [1.29, 1.82) is 0 Å². The van der Waals surface area contributed by atoms with E-state index in [9.17, 15) is 24.6 Å². The van der Waals surface area contributed by atoms with Gasteiger partial charge in [-0.2, -0.15) is 0 Å². The highest BCUT2D eigenvalue weighted by molar-refractivity contribution is 8.00. The van der Waals surface area contributed by atoms with Gasteiger partial charge in [-0.25, -0.2) is 4.79 Å². The van der Waals surface area contributed by atoms with Crippen molar-refractivity contribution in [2.24, 2.45) is 0 Å². The van der Waals surface area contributed by atoms with Crippen LogP contribution in [0.1, 0.15) is 10.4 Å². The van der Waals surface area contributed by atoms with Crippen LogP contribution >= 0.6 is 11.8 Å². The van der Waals surface area contributed by atoms with Crippen molar-refractivity contribution in [3.63, 3.8) is 0 Å². The normalized spacial score (nSPS) is 23.2. The summed E-state index contributed by atoms with van der Waals surface area (Å²) < 4.78 is 0. The molecule has 8 nitrogen and oxygen atoms in total. The number of aromatic nitrogens is 1. The number of hydrogen-bond acceptors (Lipinski definition) is 6.